The second kappa shape index (κ2) is 8.83. The van der Waals surface area contributed by atoms with E-state index in [9.17, 15) is 9.90 Å². The first-order valence-electron chi connectivity index (χ1n) is 10.5. The fourth-order valence-corrected chi connectivity index (χ4v) is 3.70. The molecule has 168 valence electrons. The first-order chi connectivity index (χ1) is 16.0. The average molecular weight is 446 g/mol. The Morgan fingerprint density at radius 2 is 2.03 bits per heavy atom. The maximum atomic E-state index is 12.9. The van der Waals surface area contributed by atoms with Crippen LogP contribution < -0.4 is 4.74 Å². The van der Waals surface area contributed by atoms with Crippen molar-refractivity contribution in [1.29, 1.82) is 0 Å². The number of rotatable bonds is 6. The van der Waals surface area contributed by atoms with Gasteiger partial charge in [0.05, 0.1) is 43.3 Å². The lowest BCUT2D eigenvalue weighted by molar-refractivity contribution is 0.0728. The Morgan fingerprint density at radius 3 is 2.76 bits per heavy atom. The molecule has 1 aromatic carbocycles. The molecule has 2 atom stereocenters. The van der Waals surface area contributed by atoms with Crippen molar-refractivity contribution in [1.82, 2.24) is 29.9 Å². The van der Waals surface area contributed by atoms with Gasteiger partial charge in [0.2, 0.25) is 5.89 Å². The largest absolute Gasteiger partial charge is 0.482 e. The number of benzene rings is 1. The molecule has 1 aliphatic rings. The van der Waals surface area contributed by atoms with Crippen LogP contribution in [0.25, 0.3) is 11.3 Å². The maximum Gasteiger partial charge on any atom is 0.276 e. The molecule has 10 nitrogen and oxygen atoms in total. The Labute approximate surface area is 189 Å². The molecular formula is C23H22N6O4. The number of hydrogen-bond donors (Lipinski definition) is 1. The summed E-state index contributed by atoms with van der Waals surface area (Å²) >= 11 is 0. The van der Waals surface area contributed by atoms with Crippen molar-refractivity contribution in [3.05, 3.63) is 78.4 Å². The van der Waals surface area contributed by atoms with Crippen LogP contribution in [0, 0.1) is 0 Å². The minimum absolute atomic E-state index is 0.151. The average Bonchev–Trinajstić information content (AvgIpc) is 3.56. The van der Waals surface area contributed by atoms with E-state index >= 15 is 0 Å². The number of aromatic nitrogens is 5. The lowest BCUT2D eigenvalue weighted by Gasteiger charge is -2.15. The van der Waals surface area contributed by atoms with Gasteiger partial charge < -0.3 is 19.2 Å². The minimum atomic E-state index is -0.807. The highest BCUT2D eigenvalue weighted by molar-refractivity contribution is 5.92. The number of hydrogen-bond acceptors (Lipinski definition) is 8. The summed E-state index contributed by atoms with van der Waals surface area (Å²) in [4.78, 5) is 18.7. The Morgan fingerprint density at radius 1 is 1.18 bits per heavy atom. The molecule has 1 N–H and O–H groups in total. The van der Waals surface area contributed by atoms with Crippen LogP contribution in [0.15, 0.2) is 65.5 Å². The minimum Gasteiger partial charge on any atom is -0.482 e. The van der Waals surface area contributed by atoms with Crippen molar-refractivity contribution < 1.29 is 19.1 Å². The zero-order valence-electron chi connectivity index (χ0n) is 17.9. The first kappa shape index (κ1) is 20.8. The van der Waals surface area contributed by atoms with Crippen LogP contribution in [0.2, 0.25) is 0 Å². The van der Waals surface area contributed by atoms with Crippen LogP contribution >= 0.6 is 0 Å². The van der Waals surface area contributed by atoms with Crippen molar-refractivity contribution >= 4 is 5.91 Å². The van der Waals surface area contributed by atoms with Gasteiger partial charge in [-0.05, 0) is 12.1 Å². The standard InChI is InChI=1S/C23H22N6O4/c1-28-11-17(10-24-28)33-21-13-29(12-20(21)30)23(31)19-14-32-22(25-19)9-16-7-8-18(27-26-16)15-5-3-2-4-6-15/h2-8,10-11,14,20-21,30H,9,12-13H2,1H3/t20-,21-/m1/s1. The van der Waals surface area contributed by atoms with E-state index in [1.165, 1.54) is 11.2 Å². The number of β-amino-alcohol motifs (C(OH)–C–C–N with tert-alkyl or cyclic N) is 1. The summed E-state index contributed by atoms with van der Waals surface area (Å²) in [6.45, 7) is 0.391. The Bertz CT molecular complexity index is 1240. The number of carbonyl (C=O) groups excluding carboxylic acids is 1. The number of likely N-dealkylation sites (tertiary alicyclic amines) is 1. The monoisotopic (exact) mass is 446 g/mol. The van der Waals surface area contributed by atoms with Crippen molar-refractivity contribution in [3.63, 3.8) is 0 Å². The van der Waals surface area contributed by atoms with E-state index < -0.39 is 12.2 Å². The molecule has 0 spiro atoms. The lowest BCUT2D eigenvalue weighted by atomic mass is 10.1. The van der Waals surface area contributed by atoms with Crippen molar-refractivity contribution in [3.8, 4) is 17.0 Å². The number of aliphatic hydroxyl groups is 1. The molecule has 0 bridgehead atoms. The normalized spacial score (nSPS) is 17.9. The predicted molar refractivity (Wildman–Crippen MR) is 116 cm³/mol. The Kier molecular flexibility index (Phi) is 5.57. The molecule has 0 saturated carbocycles. The lowest BCUT2D eigenvalue weighted by Crippen LogP contribution is -2.31. The summed E-state index contributed by atoms with van der Waals surface area (Å²) in [5.74, 6) is 0.578. The maximum absolute atomic E-state index is 12.9. The molecule has 0 aliphatic carbocycles. The number of carbonyl (C=O) groups is 1. The van der Waals surface area contributed by atoms with Crippen LogP contribution in [-0.2, 0) is 13.5 Å². The SMILES string of the molecule is Cn1cc(O[C@@H]2CN(C(=O)c3coc(Cc4ccc(-c5ccccc5)nn4)n3)C[C@H]2O)cn1. The molecule has 33 heavy (non-hydrogen) atoms. The van der Waals surface area contributed by atoms with Crippen molar-refractivity contribution in [2.45, 2.75) is 18.6 Å². The van der Waals surface area contributed by atoms with Gasteiger partial charge in [0.1, 0.15) is 18.5 Å². The molecule has 10 heteroatoms. The highest BCUT2D eigenvalue weighted by atomic mass is 16.5. The van der Waals surface area contributed by atoms with Gasteiger partial charge in [-0.1, -0.05) is 30.3 Å². The summed E-state index contributed by atoms with van der Waals surface area (Å²) < 4.78 is 12.9. The Balaban J connectivity index is 1.21. The second-order valence-electron chi connectivity index (χ2n) is 7.86. The van der Waals surface area contributed by atoms with E-state index in [0.29, 0.717) is 23.8 Å². The number of aryl methyl sites for hydroxylation is 1. The van der Waals surface area contributed by atoms with Gasteiger partial charge in [-0.25, -0.2) is 4.98 Å². The number of amides is 1. The van der Waals surface area contributed by atoms with Crippen molar-refractivity contribution in [2.24, 2.45) is 7.05 Å². The van der Waals surface area contributed by atoms with E-state index in [0.717, 1.165) is 11.3 Å². The smallest absolute Gasteiger partial charge is 0.276 e. The fraction of sp³-hybridized carbons (Fsp3) is 0.261. The quantitative estimate of drug-likeness (QED) is 0.476. The molecule has 1 fully saturated rings. The molecule has 3 aromatic heterocycles. The van der Waals surface area contributed by atoms with Crippen LogP contribution in [0.4, 0.5) is 0 Å². The van der Waals surface area contributed by atoms with Gasteiger partial charge in [-0.2, -0.15) is 15.3 Å². The van der Waals surface area contributed by atoms with Gasteiger partial charge >= 0.3 is 0 Å². The molecule has 1 amide bonds. The van der Waals surface area contributed by atoms with Crippen LogP contribution in [0.3, 0.4) is 0 Å². The third-order valence-electron chi connectivity index (χ3n) is 5.39. The summed E-state index contributed by atoms with van der Waals surface area (Å²) in [6, 6.07) is 13.5. The highest BCUT2D eigenvalue weighted by Crippen LogP contribution is 2.21. The van der Waals surface area contributed by atoms with E-state index in [1.54, 1.807) is 24.1 Å². The number of aliphatic hydroxyl groups excluding tert-OH is 1. The molecule has 0 unspecified atom stereocenters. The van der Waals surface area contributed by atoms with Gasteiger partial charge in [-0.15, -0.1) is 0 Å². The van der Waals surface area contributed by atoms with Gasteiger partial charge in [-0.3, -0.25) is 9.48 Å². The van der Waals surface area contributed by atoms with Gasteiger partial charge in [0.25, 0.3) is 5.91 Å². The molecule has 4 aromatic rings. The van der Waals surface area contributed by atoms with E-state index in [2.05, 4.69) is 20.3 Å². The van der Waals surface area contributed by atoms with Gasteiger partial charge in [0.15, 0.2) is 11.4 Å². The van der Waals surface area contributed by atoms with Crippen LogP contribution in [0.5, 0.6) is 5.75 Å². The predicted octanol–water partition coefficient (Wildman–Crippen LogP) is 1.72. The van der Waals surface area contributed by atoms with Gasteiger partial charge in [0, 0.05) is 12.6 Å². The summed E-state index contributed by atoms with van der Waals surface area (Å²) in [5.41, 5.74) is 2.61. The van der Waals surface area contributed by atoms with E-state index in [-0.39, 0.29) is 24.7 Å². The highest BCUT2D eigenvalue weighted by Gasteiger charge is 2.37. The number of nitrogens with zero attached hydrogens (tertiary/aromatic N) is 6. The molecule has 1 saturated heterocycles. The number of ether oxygens (including phenoxy) is 1. The third kappa shape index (κ3) is 4.60. The van der Waals surface area contributed by atoms with Crippen LogP contribution in [-0.4, -0.2) is 66.2 Å². The van der Waals surface area contributed by atoms with E-state index in [1.807, 2.05) is 42.5 Å². The molecular weight excluding hydrogens is 424 g/mol. The topological polar surface area (TPSA) is 119 Å². The molecule has 5 rings (SSSR count). The summed E-state index contributed by atoms with van der Waals surface area (Å²) in [7, 11) is 1.78. The molecule has 0 radical (unpaired) electrons. The zero-order valence-corrected chi connectivity index (χ0v) is 17.9. The second-order valence-corrected chi connectivity index (χ2v) is 7.86. The summed E-state index contributed by atoms with van der Waals surface area (Å²) in [5, 5.41) is 22.9. The van der Waals surface area contributed by atoms with Crippen LogP contribution in [0.1, 0.15) is 22.1 Å². The van der Waals surface area contributed by atoms with E-state index in [4.69, 9.17) is 9.15 Å². The van der Waals surface area contributed by atoms with Crippen molar-refractivity contribution in [2.75, 3.05) is 13.1 Å². The Hall–Kier alpha value is -4.05. The molecule has 1 aliphatic heterocycles. The zero-order chi connectivity index (χ0) is 22.8. The molecule has 4 heterocycles. The number of oxazole rings is 1. The first-order valence-corrected chi connectivity index (χ1v) is 10.5. The fourth-order valence-electron chi connectivity index (χ4n) is 3.70. The third-order valence-corrected chi connectivity index (χ3v) is 5.39. The summed E-state index contributed by atoms with van der Waals surface area (Å²) in [6.07, 6.45) is 3.56.